The molecular weight excluding hydrogens is 277 g/mol. The summed E-state index contributed by atoms with van der Waals surface area (Å²) in [6.07, 6.45) is 3.46. The van der Waals surface area contributed by atoms with Crippen LogP contribution in [0.25, 0.3) is 0 Å². The van der Waals surface area contributed by atoms with Crippen molar-refractivity contribution in [3.05, 3.63) is 0 Å². The van der Waals surface area contributed by atoms with E-state index in [1.54, 1.807) is 0 Å². The van der Waals surface area contributed by atoms with Crippen LogP contribution in [-0.2, 0) is 0 Å². The van der Waals surface area contributed by atoms with Gasteiger partial charge in [-0.3, -0.25) is 0 Å². The van der Waals surface area contributed by atoms with Crippen molar-refractivity contribution in [3.63, 3.8) is 0 Å². The van der Waals surface area contributed by atoms with Crippen molar-refractivity contribution in [2.75, 3.05) is 13.6 Å². The molecule has 1 N–H and O–H groups in total. The van der Waals surface area contributed by atoms with E-state index < -0.39 is 12.1 Å². The smallest absolute Gasteiger partial charge is 0.313 e. The van der Waals surface area contributed by atoms with Gasteiger partial charge in [0, 0.05) is 18.1 Å². The monoisotopic (exact) mass is 304 g/mol. The fourth-order valence-electron chi connectivity index (χ4n) is 4.78. The standard InChI is InChI=1S/C16H27F3N2/c1-21-12-6-7-13(21)9-11(8-12)10-20-15-5-3-2-4-14(15)16(17,18)19/h11-15,20H,2-10H2,1H3. The number of nitrogens with zero attached hydrogens (tertiary/aromatic N) is 1. The summed E-state index contributed by atoms with van der Waals surface area (Å²) in [5, 5.41) is 3.29. The Balaban J connectivity index is 1.52. The second-order valence-corrected chi connectivity index (χ2v) is 7.34. The molecule has 2 bridgehead atoms. The number of rotatable bonds is 3. The van der Waals surface area contributed by atoms with E-state index in [-0.39, 0.29) is 6.04 Å². The van der Waals surface area contributed by atoms with Crippen LogP contribution in [0.15, 0.2) is 0 Å². The van der Waals surface area contributed by atoms with E-state index in [9.17, 15) is 13.2 Å². The predicted octanol–water partition coefficient (Wildman–Crippen LogP) is 3.57. The van der Waals surface area contributed by atoms with E-state index in [0.717, 1.165) is 32.2 Å². The number of alkyl halides is 3. The molecule has 2 saturated heterocycles. The molecule has 21 heavy (non-hydrogen) atoms. The second-order valence-electron chi connectivity index (χ2n) is 7.34. The molecule has 4 unspecified atom stereocenters. The molecule has 2 aliphatic heterocycles. The van der Waals surface area contributed by atoms with Crippen LogP contribution in [0.1, 0.15) is 51.4 Å². The Hall–Kier alpha value is -0.290. The zero-order chi connectivity index (χ0) is 15.0. The van der Waals surface area contributed by atoms with Gasteiger partial charge in [0.05, 0.1) is 5.92 Å². The molecule has 0 spiro atoms. The van der Waals surface area contributed by atoms with Gasteiger partial charge in [-0.05, 0) is 58.0 Å². The molecule has 3 fully saturated rings. The van der Waals surface area contributed by atoms with Crippen LogP contribution < -0.4 is 5.32 Å². The third-order valence-electron chi connectivity index (χ3n) is 6.05. The summed E-state index contributed by atoms with van der Waals surface area (Å²) in [5.74, 6) is -0.566. The second kappa shape index (κ2) is 6.07. The Bertz CT molecular complexity index is 344. The Kier molecular flexibility index (Phi) is 4.51. The minimum atomic E-state index is -4.04. The lowest BCUT2D eigenvalue weighted by Crippen LogP contribution is -2.49. The lowest BCUT2D eigenvalue weighted by atomic mass is 9.83. The molecule has 0 radical (unpaired) electrons. The highest BCUT2D eigenvalue weighted by Crippen LogP contribution is 2.39. The van der Waals surface area contributed by atoms with Gasteiger partial charge in [-0.2, -0.15) is 13.2 Å². The van der Waals surface area contributed by atoms with Crippen LogP contribution in [0.2, 0.25) is 0 Å². The summed E-state index contributed by atoms with van der Waals surface area (Å²) in [7, 11) is 2.20. The van der Waals surface area contributed by atoms with Gasteiger partial charge in [0.15, 0.2) is 0 Å². The molecule has 0 amide bonds. The Labute approximate surface area is 125 Å². The largest absolute Gasteiger partial charge is 0.393 e. The number of hydrogen-bond acceptors (Lipinski definition) is 2. The normalized spacial score (nSPS) is 41.4. The first-order chi connectivity index (χ1) is 9.95. The minimum absolute atomic E-state index is 0.305. The molecule has 2 heterocycles. The first-order valence-corrected chi connectivity index (χ1v) is 8.47. The summed E-state index contributed by atoms with van der Waals surface area (Å²) >= 11 is 0. The fraction of sp³-hybridized carbons (Fsp3) is 1.00. The lowest BCUT2D eigenvalue weighted by molar-refractivity contribution is -0.189. The molecule has 1 saturated carbocycles. The van der Waals surface area contributed by atoms with E-state index in [4.69, 9.17) is 0 Å². The van der Waals surface area contributed by atoms with Crippen LogP contribution in [0, 0.1) is 11.8 Å². The molecule has 0 aromatic carbocycles. The van der Waals surface area contributed by atoms with E-state index >= 15 is 0 Å². The van der Waals surface area contributed by atoms with Gasteiger partial charge >= 0.3 is 6.18 Å². The first kappa shape index (κ1) is 15.6. The molecule has 122 valence electrons. The maximum absolute atomic E-state index is 13.1. The maximum atomic E-state index is 13.1. The number of hydrogen-bond donors (Lipinski definition) is 1. The van der Waals surface area contributed by atoms with Crippen molar-refractivity contribution in [1.82, 2.24) is 10.2 Å². The predicted molar refractivity (Wildman–Crippen MR) is 77.1 cm³/mol. The highest BCUT2D eigenvalue weighted by atomic mass is 19.4. The summed E-state index contributed by atoms with van der Waals surface area (Å²) in [4.78, 5) is 2.48. The number of fused-ring (bicyclic) bond motifs is 2. The first-order valence-electron chi connectivity index (χ1n) is 8.47. The van der Waals surface area contributed by atoms with Crippen molar-refractivity contribution in [2.24, 2.45) is 11.8 Å². The van der Waals surface area contributed by atoms with Crippen LogP contribution in [0.5, 0.6) is 0 Å². The molecule has 4 atom stereocenters. The highest BCUT2D eigenvalue weighted by Gasteiger charge is 2.45. The van der Waals surface area contributed by atoms with Crippen molar-refractivity contribution in [3.8, 4) is 0 Å². The third-order valence-corrected chi connectivity index (χ3v) is 6.05. The zero-order valence-corrected chi connectivity index (χ0v) is 12.8. The summed E-state index contributed by atoms with van der Waals surface area (Å²) < 4.78 is 39.3. The topological polar surface area (TPSA) is 15.3 Å². The number of nitrogens with one attached hydrogen (secondary N) is 1. The molecule has 5 heteroatoms. The summed E-state index contributed by atoms with van der Waals surface area (Å²) in [5.41, 5.74) is 0. The van der Waals surface area contributed by atoms with E-state index in [1.807, 2.05) is 0 Å². The van der Waals surface area contributed by atoms with E-state index in [1.165, 1.54) is 12.8 Å². The van der Waals surface area contributed by atoms with Crippen LogP contribution in [0.3, 0.4) is 0 Å². The number of piperidine rings is 1. The van der Waals surface area contributed by atoms with Crippen LogP contribution >= 0.6 is 0 Å². The molecule has 3 rings (SSSR count). The highest BCUT2D eigenvalue weighted by molar-refractivity contribution is 4.94. The Morgan fingerprint density at radius 2 is 1.62 bits per heavy atom. The van der Waals surface area contributed by atoms with Crippen LogP contribution in [0.4, 0.5) is 13.2 Å². The van der Waals surface area contributed by atoms with Gasteiger partial charge in [0.25, 0.3) is 0 Å². The quantitative estimate of drug-likeness (QED) is 0.857. The van der Waals surface area contributed by atoms with Gasteiger partial charge in [-0.25, -0.2) is 0 Å². The molecule has 1 aliphatic carbocycles. The van der Waals surface area contributed by atoms with Gasteiger partial charge in [-0.15, -0.1) is 0 Å². The summed E-state index contributed by atoms with van der Waals surface area (Å²) in [6.45, 7) is 0.776. The van der Waals surface area contributed by atoms with Crippen LogP contribution in [-0.4, -0.2) is 42.8 Å². The van der Waals surface area contributed by atoms with Crippen molar-refractivity contribution >= 4 is 0 Å². The van der Waals surface area contributed by atoms with Crippen molar-refractivity contribution in [2.45, 2.75) is 75.7 Å². The Morgan fingerprint density at radius 3 is 2.24 bits per heavy atom. The third kappa shape index (κ3) is 3.39. The van der Waals surface area contributed by atoms with Gasteiger partial charge < -0.3 is 10.2 Å². The summed E-state index contributed by atoms with van der Waals surface area (Å²) in [6, 6.07) is 0.983. The van der Waals surface area contributed by atoms with Crippen molar-refractivity contribution < 1.29 is 13.2 Å². The average Bonchev–Trinajstić information content (AvgIpc) is 2.66. The van der Waals surface area contributed by atoms with E-state index in [0.29, 0.717) is 30.8 Å². The molecular formula is C16H27F3N2. The average molecular weight is 304 g/mol. The lowest BCUT2D eigenvalue weighted by Gasteiger charge is -2.39. The van der Waals surface area contributed by atoms with Gasteiger partial charge in [0.1, 0.15) is 0 Å². The molecule has 2 nitrogen and oxygen atoms in total. The van der Waals surface area contributed by atoms with Crippen molar-refractivity contribution in [1.29, 1.82) is 0 Å². The SMILES string of the molecule is CN1C2CCC1CC(CNC1CCCCC1C(F)(F)F)C2. The molecule has 3 aliphatic rings. The van der Waals surface area contributed by atoms with Gasteiger partial charge in [0.2, 0.25) is 0 Å². The molecule has 0 aromatic heterocycles. The molecule has 0 aromatic rings. The number of halogens is 3. The Morgan fingerprint density at radius 1 is 1.00 bits per heavy atom. The minimum Gasteiger partial charge on any atom is -0.313 e. The van der Waals surface area contributed by atoms with Gasteiger partial charge in [-0.1, -0.05) is 12.8 Å². The zero-order valence-electron chi connectivity index (χ0n) is 12.8. The fourth-order valence-corrected chi connectivity index (χ4v) is 4.78. The maximum Gasteiger partial charge on any atom is 0.393 e. The van der Waals surface area contributed by atoms with E-state index in [2.05, 4.69) is 17.3 Å².